The molecule has 1 unspecified atom stereocenters. The zero-order valence-corrected chi connectivity index (χ0v) is 9.75. The maximum atomic E-state index is 5.50. The minimum absolute atomic E-state index is 0.660. The largest absolute Gasteiger partial charge is 0.497 e. The van der Waals surface area contributed by atoms with Crippen molar-refractivity contribution in [1.29, 1.82) is 0 Å². The van der Waals surface area contributed by atoms with E-state index < -0.39 is 0 Å². The minimum Gasteiger partial charge on any atom is -0.497 e. The summed E-state index contributed by atoms with van der Waals surface area (Å²) in [5.74, 6) is 2.52. The van der Waals surface area contributed by atoms with Gasteiger partial charge in [-0.1, -0.05) is 13.0 Å². The van der Waals surface area contributed by atoms with Crippen LogP contribution in [0.1, 0.15) is 26.2 Å². The first-order valence-electron chi connectivity index (χ1n) is 5.98. The fraction of sp³-hybridized carbons (Fsp3) is 0.692. The molecule has 15 heavy (non-hydrogen) atoms. The molecule has 1 N–H and O–H groups in total. The standard InChI is InChI=1S/C13H21NO/c1-10-4-3-5-12(15-2)13(10)11-6-8-14-9-7-11/h3,5,10-11,14H,4,6-9H2,1-2H3. The highest BCUT2D eigenvalue weighted by Gasteiger charge is 2.26. The second-order valence-electron chi connectivity index (χ2n) is 4.59. The molecule has 0 saturated carbocycles. The van der Waals surface area contributed by atoms with Gasteiger partial charge in [-0.2, -0.15) is 0 Å². The first-order chi connectivity index (χ1) is 7.33. The molecule has 0 aromatic rings. The summed E-state index contributed by atoms with van der Waals surface area (Å²) >= 11 is 0. The molecule has 2 heteroatoms. The summed E-state index contributed by atoms with van der Waals surface area (Å²) in [4.78, 5) is 0. The molecule has 0 bridgehead atoms. The maximum Gasteiger partial charge on any atom is 0.118 e. The van der Waals surface area contributed by atoms with Crippen molar-refractivity contribution in [2.75, 3.05) is 20.2 Å². The summed E-state index contributed by atoms with van der Waals surface area (Å²) in [6.07, 6.45) is 8.08. The van der Waals surface area contributed by atoms with Gasteiger partial charge in [-0.3, -0.25) is 0 Å². The van der Waals surface area contributed by atoms with E-state index in [1.54, 1.807) is 12.7 Å². The zero-order chi connectivity index (χ0) is 10.7. The summed E-state index contributed by atoms with van der Waals surface area (Å²) in [7, 11) is 1.79. The molecule has 0 radical (unpaired) electrons. The third-order valence-electron chi connectivity index (χ3n) is 3.57. The molecule has 0 aromatic carbocycles. The molecule has 2 rings (SSSR count). The van der Waals surface area contributed by atoms with Crippen molar-refractivity contribution in [3.05, 3.63) is 23.5 Å². The van der Waals surface area contributed by atoms with Gasteiger partial charge in [0.15, 0.2) is 0 Å². The summed E-state index contributed by atoms with van der Waals surface area (Å²) in [5.41, 5.74) is 1.56. The van der Waals surface area contributed by atoms with Crippen LogP contribution in [0.3, 0.4) is 0 Å². The van der Waals surface area contributed by atoms with E-state index in [1.807, 2.05) is 0 Å². The average molecular weight is 207 g/mol. The molecule has 1 aliphatic carbocycles. The normalized spacial score (nSPS) is 28.3. The first-order valence-corrected chi connectivity index (χ1v) is 5.98. The molecule has 1 fully saturated rings. The molecule has 0 aromatic heterocycles. The van der Waals surface area contributed by atoms with Crippen molar-refractivity contribution in [3.8, 4) is 0 Å². The van der Waals surface area contributed by atoms with Crippen LogP contribution in [-0.4, -0.2) is 20.2 Å². The third kappa shape index (κ3) is 2.25. The van der Waals surface area contributed by atoms with Crippen molar-refractivity contribution in [2.24, 2.45) is 11.8 Å². The Balaban J connectivity index is 2.20. The molecule has 2 nitrogen and oxygen atoms in total. The highest BCUT2D eigenvalue weighted by Crippen LogP contribution is 2.35. The lowest BCUT2D eigenvalue weighted by atomic mass is 9.79. The number of allylic oxidation sites excluding steroid dienone is 3. The van der Waals surface area contributed by atoms with E-state index in [1.165, 1.54) is 19.3 Å². The first kappa shape index (κ1) is 10.7. The fourth-order valence-corrected chi connectivity index (χ4v) is 2.77. The summed E-state index contributed by atoms with van der Waals surface area (Å²) in [6.45, 7) is 4.63. The number of rotatable bonds is 2. The number of hydrogen-bond donors (Lipinski definition) is 1. The molecular formula is C13H21NO. The number of methoxy groups -OCH3 is 1. The van der Waals surface area contributed by atoms with Gasteiger partial charge in [0, 0.05) is 0 Å². The Morgan fingerprint density at radius 1 is 1.33 bits per heavy atom. The van der Waals surface area contributed by atoms with Gasteiger partial charge in [0.2, 0.25) is 0 Å². The maximum absolute atomic E-state index is 5.50. The van der Waals surface area contributed by atoms with Crippen LogP contribution in [0, 0.1) is 11.8 Å². The van der Waals surface area contributed by atoms with Crippen LogP contribution >= 0.6 is 0 Å². The topological polar surface area (TPSA) is 21.3 Å². The van der Waals surface area contributed by atoms with Gasteiger partial charge in [-0.25, -0.2) is 0 Å². The Hall–Kier alpha value is -0.760. The van der Waals surface area contributed by atoms with Gasteiger partial charge >= 0.3 is 0 Å². The molecule has 1 atom stereocenters. The minimum atomic E-state index is 0.660. The van der Waals surface area contributed by atoms with Crippen LogP contribution in [0.15, 0.2) is 23.5 Å². The second-order valence-corrected chi connectivity index (χ2v) is 4.59. The monoisotopic (exact) mass is 207 g/mol. The lowest BCUT2D eigenvalue weighted by Gasteiger charge is -2.31. The van der Waals surface area contributed by atoms with Gasteiger partial charge < -0.3 is 10.1 Å². The Morgan fingerprint density at radius 2 is 2.07 bits per heavy atom. The van der Waals surface area contributed by atoms with Crippen molar-refractivity contribution < 1.29 is 4.74 Å². The highest BCUT2D eigenvalue weighted by molar-refractivity contribution is 5.29. The molecule has 0 amide bonds. The molecule has 0 spiro atoms. The van der Waals surface area contributed by atoms with Crippen LogP contribution in [0.2, 0.25) is 0 Å². The van der Waals surface area contributed by atoms with E-state index in [0.29, 0.717) is 5.92 Å². The fourth-order valence-electron chi connectivity index (χ4n) is 2.77. The van der Waals surface area contributed by atoms with E-state index in [-0.39, 0.29) is 0 Å². The summed E-state index contributed by atoms with van der Waals surface area (Å²) < 4.78 is 5.50. The quantitative estimate of drug-likeness (QED) is 0.751. The number of ether oxygens (including phenoxy) is 1. The van der Waals surface area contributed by atoms with Crippen LogP contribution < -0.4 is 5.32 Å². The lowest BCUT2D eigenvalue weighted by molar-refractivity contribution is 0.276. The van der Waals surface area contributed by atoms with Gasteiger partial charge in [-0.15, -0.1) is 0 Å². The molecule has 1 aliphatic heterocycles. The molecule has 1 saturated heterocycles. The highest BCUT2D eigenvalue weighted by atomic mass is 16.5. The van der Waals surface area contributed by atoms with Crippen molar-refractivity contribution in [1.82, 2.24) is 5.32 Å². The molecule has 1 heterocycles. The van der Waals surface area contributed by atoms with E-state index >= 15 is 0 Å². The number of nitrogens with one attached hydrogen (secondary N) is 1. The van der Waals surface area contributed by atoms with Gasteiger partial charge in [0.05, 0.1) is 7.11 Å². The van der Waals surface area contributed by atoms with Gasteiger partial charge in [0.1, 0.15) is 5.76 Å². The predicted octanol–water partition coefficient (Wildman–Crippen LogP) is 2.48. The van der Waals surface area contributed by atoms with E-state index in [0.717, 1.165) is 24.8 Å². The average Bonchev–Trinajstić information content (AvgIpc) is 2.29. The predicted molar refractivity (Wildman–Crippen MR) is 62.5 cm³/mol. The number of hydrogen-bond acceptors (Lipinski definition) is 2. The third-order valence-corrected chi connectivity index (χ3v) is 3.57. The van der Waals surface area contributed by atoms with Crippen LogP contribution in [0.4, 0.5) is 0 Å². The van der Waals surface area contributed by atoms with Crippen molar-refractivity contribution >= 4 is 0 Å². The Labute approximate surface area is 92.4 Å². The number of piperidine rings is 1. The Kier molecular flexibility index (Phi) is 3.47. The van der Waals surface area contributed by atoms with E-state index in [4.69, 9.17) is 4.74 Å². The van der Waals surface area contributed by atoms with Gasteiger partial charge in [-0.05, 0) is 55.8 Å². The molecule has 84 valence electrons. The van der Waals surface area contributed by atoms with E-state index in [9.17, 15) is 0 Å². The smallest absolute Gasteiger partial charge is 0.118 e. The zero-order valence-electron chi connectivity index (χ0n) is 9.75. The van der Waals surface area contributed by atoms with Crippen LogP contribution in [-0.2, 0) is 4.74 Å². The Morgan fingerprint density at radius 3 is 2.73 bits per heavy atom. The molecular weight excluding hydrogens is 186 g/mol. The second kappa shape index (κ2) is 4.84. The van der Waals surface area contributed by atoms with E-state index in [2.05, 4.69) is 24.4 Å². The van der Waals surface area contributed by atoms with Crippen molar-refractivity contribution in [2.45, 2.75) is 26.2 Å². The molecule has 2 aliphatic rings. The summed E-state index contributed by atoms with van der Waals surface area (Å²) in [5, 5.41) is 3.42. The van der Waals surface area contributed by atoms with Crippen LogP contribution in [0.5, 0.6) is 0 Å². The summed E-state index contributed by atoms with van der Waals surface area (Å²) in [6, 6.07) is 0. The van der Waals surface area contributed by atoms with Crippen molar-refractivity contribution in [3.63, 3.8) is 0 Å². The van der Waals surface area contributed by atoms with Gasteiger partial charge in [0.25, 0.3) is 0 Å². The lowest BCUT2D eigenvalue weighted by Crippen LogP contribution is -2.31. The Bertz CT molecular complexity index is 274. The SMILES string of the molecule is COC1=C(C2CCNCC2)C(C)CC=C1. The van der Waals surface area contributed by atoms with Crippen LogP contribution in [0.25, 0.3) is 0 Å².